The second-order valence-electron chi connectivity index (χ2n) is 9.53. The molecule has 2 aliphatic heterocycles. The number of carbonyl (C=O) groups is 2. The van der Waals surface area contributed by atoms with Gasteiger partial charge in [0.15, 0.2) is 0 Å². The van der Waals surface area contributed by atoms with Gasteiger partial charge in [-0.2, -0.15) is 0 Å². The number of benzene rings is 1. The molecule has 1 unspecified atom stereocenters. The second-order valence-corrected chi connectivity index (χ2v) is 9.53. The maximum absolute atomic E-state index is 13.7. The van der Waals surface area contributed by atoms with Crippen LogP contribution in [0.5, 0.6) is 0 Å². The lowest BCUT2D eigenvalue weighted by molar-refractivity contribution is -0.0364. The van der Waals surface area contributed by atoms with Crippen molar-refractivity contribution in [3.8, 4) is 11.3 Å². The molecule has 0 aliphatic carbocycles. The number of ether oxygens (including phenoxy) is 1. The van der Waals surface area contributed by atoms with E-state index in [2.05, 4.69) is 20.2 Å². The van der Waals surface area contributed by atoms with Crippen molar-refractivity contribution in [2.45, 2.75) is 25.7 Å². The molecule has 3 N–H and O–H groups in total. The average molecular weight is 533 g/mol. The first-order valence-electron chi connectivity index (χ1n) is 12.4. The highest BCUT2D eigenvalue weighted by Crippen LogP contribution is 2.38. The van der Waals surface area contributed by atoms with Crippen molar-refractivity contribution in [1.29, 1.82) is 0 Å². The molecule has 5 heterocycles. The number of imide groups is 1. The summed E-state index contributed by atoms with van der Waals surface area (Å²) in [7, 11) is 0. The predicted molar refractivity (Wildman–Crippen MR) is 140 cm³/mol. The third-order valence-corrected chi connectivity index (χ3v) is 7.08. The van der Waals surface area contributed by atoms with Crippen LogP contribution in [0.25, 0.3) is 16.9 Å². The van der Waals surface area contributed by atoms with Gasteiger partial charge in [-0.3, -0.25) is 9.20 Å². The van der Waals surface area contributed by atoms with E-state index in [-0.39, 0.29) is 18.2 Å². The van der Waals surface area contributed by atoms with Crippen molar-refractivity contribution in [3.63, 3.8) is 0 Å². The number of morpholine rings is 1. The minimum atomic E-state index is -1.35. The Morgan fingerprint density at radius 3 is 2.79 bits per heavy atom. The van der Waals surface area contributed by atoms with E-state index in [0.29, 0.717) is 53.7 Å². The first kappa shape index (κ1) is 24.8. The Kier molecular flexibility index (Phi) is 6.12. The van der Waals surface area contributed by atoms with E-state index >= 15 is 0 Å². The molecule has 2 amide bonds. The summed E-state index contributed by atoms with van der Waals surface area (Å²) in [6, 6.07) is 9.74. The molecule has 0 spiro atoms. The summed E-state index contributed by atoms with van der Waals surface area (Å²) in [4.78, 5) is 36.6. The fourth-order valence-electron chi connectivity index (χ4n) is 5.06. The molecule has 11 nitrogen and oxygen atoms in total. The Morgan fingerprint density at radius 1 is 1.21 bits per heavy atom. The molecule has 3 aromatic heterocycles. The van der Waals surface area contributed by atoms with Gasteiger partial charge in [0.25, 0.3) is 5.91 Å². The Bertz CT molecular complexity index is 1590. The van der Waals surface area contributed by atoms with E-state index in [9.17, 15) is 24.2 Å². The summed E-state index contributed by atoms with van der Waals surface area (Å²) in [5.74, 6) is -0.594. The second kappa shape index (κ2) is 9.64. The minimum absolute atomic E-state index is 0.128. The maximum Gasteiger partial charge on any atom is 0.414 e. The van der Waals surface area contributed by atoms with Crippen LogP contribution < -0.4 is 10.2 Å². The number of aliphatic hydroxyl groups is 1. The number of halogens is 1. The Labute approximate surface area is 222 Å². The summed E-state index contributed by atoms with van der Waals surface area (Å²) in [5.41, 5.74) is 3.66. The quantitative estimate of drug-likeness (QED) is 0.353. The highest BCUT2D eigenvalue weighted by atomic mass is 19.1. The van der Waals surface area contributed by atoms with Crippen molar-refractivity contribution in [2.75, 3.05) is 29.9 Å². The normalized spacial score (nSPS) is 17.9. The van der Waals surface area contributed by atoms with Crippen LogP contribution in [0.2, 0.25) is 0 Å². The van der Waals surface area contributed by atoms with Gasteiger partial charge in [0.1, 0.15) is 23.4 Å². The number of hydrogen-bond acceptors (Lipinski definition) is 8. The molecule has 4 aromatic rings. The van der Waals surface area contributed by atoms with Crippen LogP contribution in [-0.4, -0.2) is 73.4 Å². The zero-order chi connectivity index (χ0) is 27.3. The molecular formula is C27H25FN6O5. The van der Waals surface area contributed by atoms with E-state index in [1.165, 1.54) is 12.1 Å². The topological polar surface area (TPSA) is 133 Å². The van der Waals surface area contributed by atoms with E-state index in [0.717, 1.165) is 10.6 Å². The minimum Gasteiger partial charge on any atom is -0.465 e. The zero-order valence-electron chi connectivity index (χ0n) is 20.9. The molecule has 12 heteroatoms. The molecule has 0 bridgehead atoms. The Morgan fingerprint density at radius 2 is 2.05 bits per heavy atom. The van der Waals surface area contributed by atoms with E-state index in [4.69, 9.17) is 4.74 Å². The molecule has 2 aliphatic rings. The number of nitrogens with one attached hydrogen (secondary N) is 1. The number of pyridine rings is 2. The standard InChI is InChI=1S/C27H25FN6O5/c1-15(35)22-14-32(8-9-39-22)17-2-5-23(29-11-17)31-20-4-3-18(19-13-34(27(37)38)26(36)25(19)20)21-12-30-24-10-16(28)6-7-33(21)24/h2-7,10-12,15,22,35H,8-9,13-14H2,1H3,(H,29,31)(H,37,38)/t15?,22-/m1/s1. The number of carbonyl (C=O) groups excluding carboxylic acids is 1. The van der Waals surface area contributed by atoms with Gasteiger partial charge in [0.2, 0.25) is 0 Å². The number of amides is 2. The maximum atomic E-state index is 13.7. The van der Waals surface area contributed by atoms with Crippen molar-refractivity contribution in [3.05, 3.63) is 71.9 Å². The van der Waals surface area contributed by atoms with Gasteiger partial charge in [-0.25, -0.2) is 24.1 Å². The molecule has 1 fully saturated rings. The number of anilines is 3. The zero-order valence-corrected chi connectivity index (χ0v) is 20.9. The van der Waals surface area contributed by atoms with Gasteiger partial charge in [-0.15, -0.1) is 0 Å². The van der Waals surface area contributed by atoms with Crippen LogP contribution in [0, 0.1) is 5.82 Å². The fraction of sp³-hybridized carbons (Fsp3) is 0.259. The summed E-state index contributed by atoms with van der Waals surface area (Å²) in [5, 5.41) is 22.7. The van der Waals surface area contributed by atoms with Gasteiger partial charge in [-0.1, -0.05) is 6.07 Å². The number of nitrogens with zero attached hydrogens (tertiary/aromatic N) is 5. The molecule has 6 rings (SSSR count). The summed E-state index contributed by atoms with van der Waals surface area (Å²) < 4.78 is 21.0. The number of hydrogen-bond donors (Lipinski definition) is 3. The molecule has 0 radical (unpaired) electrons. The number of rotatable bonds is 5. The average Bonchev–Trinajstić information content (AvgIpc) is 3.50. The predicted octanol–water partition coefficient (Wildman–Crippen LogP) is 3.50. The van der Waals surface area contributed by atoms with Crippen LogP contribution in [0.3, 0.4) is 0 Å². The van der Waals surface area contributed by atoms with Crippen LogP contribution in [0.4, 0.5) is 26.4 Å². The lowest BCUT2D eigenvalue weighted by Crippen LogP contribution is -2.47. The molecule has 1 saturated heterocycles. The first-order chi connectivity index (χ1) is 18.8. The summed E-state index contributed by atoms with van der Waals surface area (Å²) >= 11 is 0. The molecule has 0 saturated carbocycles. The smallest absolute Gasteiger partial charge is 0.414 e. The monoisotopic (exact) mass is 532 g/mol. The van der Waals surface area contributed by atoms with Crippen LogP contribution in [0.15, 0.2) is 55.0 Å². The molecule has 1 aromatic carbocycles. The highest BCUT2D eigenvalue weighted by molar-refractivity contribution is 6.11. The number of carboxylic acid groups (broad SMARTS) is 1. The van der Waals surface area contributed by atoms with Crippen LogP contribution >= 0.6 is 0 Å². The van der Waals surface area contributed by atoms with Crippen molar-refractivity contribution < 1.29 is 28.9 Å². The lowest BCUT2D eigenvalue weighted by atomic mass is 9.99. The number of imidazole rings is 1. The van der Waals surface area contributed by atoms with Crippen molar-refractivity contribution >= 4 is 34.8 Å². The first-order valence-corrected chi connectivity index (χ1v) is 12.4. The third kappa shape index (κ3) is 4.43. The third-order valence-electron chi connectivity index (χ3n) is 7.08. The van der Waals surface area contributed by atoms with Gasteiger partial charge in [-0.05, 0) is 36.8 Å². The largest absolute Gasteiger partial charge is 0.465 e. The van der Waals surface area contributed by atoms with E-state index in [1.54, 1.807) is 48.1 Å². The van der Waals surface area contributed by atoms with Crippen molar-refractivity contribution in [1.82, 2.24) is 19.3 Å². The number of fused-ring (bicyclic) bond motifs is 2. The van der Waals surface area contributed by atoms with Crippen LogP contribution in [-0.2, 0) is 11.3 Å². The number of aromatic nitrogens is 3. The Balaban J connectivity index is 1.33. The number of aliphatic hydroxyl groups excluding tert-OH is 1. The molecule has 39 heavy (non-hydrogen) atoms. The van der Waals surface area contributed by atoms with Gasteiger partial charge < -0.3 is 25.2 Å². The molecule has 2 atom stereocenters. The SMILES string of the molecule is CC(O)[C@H]1CN(c2ccc(Nc3ccc(-c4cnc5cc(F)ccn45)c4c3C(=O)N(C(=O)O)C4)nc2)CCO1. The Hall–Kier alpha value is -4.55. The van der Waals surface area contributed by atoms with Gasteiger partial charge in [0.05, 0.1) is 54.3 Å². The van der Waals surface area contributed by atoms with Gasteiger partial charge in [0, 0.05) is 30.9 Å². The van der Waals surface area contributed by atoms with Gasteiger partial charge >= 0.3 is 6.09 Å². The lowest BCUT2D eigenvalue weighted by Gasteiger charge is -2.35. The highest BCUT2D eigenvalue weighted by Gasteiger charge is 2.37. The van der Waals surface area contributed by atoms with Crippen LogP contribution in [0.1, 0.15) is 22.8 Å². The fourth-order valence-corrected chi connectivity index (χ4v) is 5.06. The summed E-state index contributed by atoms with van der Waals surface area (Å²) in [6.07, 6.45) is 2.59. The molecular weight excluding hydrogens is 507 g/mol. The molecule has 200 valence electrons. The summed E-state index contributed by atoms with van der Waals surface area (Å²) in [6.45, 7) is 3.28. The van der Waals surface area contributed by atoms with Crippen molar-refractivity contribution in [2.24, 2.45) is 0 Å². The van der Waals surface area contributed by atoms with E-state index in [1.807, 2.05) is 6.07 Å². The van der Waals surface area contributed by atoms with E-state index < -0.39 is 23.9 Å².